The summed E-state index contributed by atoms with van der Waals surface area (Å²) in [7, 11) is 0. The lowest BCUT2D eigenvalue weighted by atomic mass is 10.0. The van der Waals surface area contributed by atoms with Crippen LogP contribution < -0.4 is 0 Å². The number of hydrogen-bond acceptors (Lipinski definition) is 22. The average Bonchev–Trinajstić information content (AvgIpc) is 1.47. The van der Waals surface area contributed by atoms with Crippen LogP contribution in [0.3, 0.4) is 0 Å². The summed E-state index contributed by atoms with van der Waals surface area (Å²) < 4.78 is 5.46. The smallest absolute Gasteiger partial charge is 0.199 e. The van der Waals surface area contributed by atoms with Gasteiger partial charge >= 0.3 is 0 Å². The predicted octanol–water partition coefficient (Wildman–Crippen LogP) is 14.6. The molecule has 30 rings (SSSR count). The van der Waals surface area contributed by atoms with Gasteiger partial charge in [0.2, 0.25) is 0 Å². The van der Waals surface area contributed by atoms with Gasteiger partial charge in [0.15, 0.2) is 59.7 Å². The summed E-state index contributed by atoms with van der Waals surface area (Å²) in [4.78, 5) is 76.4. The summed E-state index contributed by atoms with van der Waals surface area (Å²) >= 11 is 1.92. The van der Waals surface area contributed by atoms with E-state index in [0.29, 0.717) is 106 Å². The molecule has 12 saturated carbocycles. The van der Waals surface area contributed by atoms with Crippen molar-refractivity contribution in [2.75, 3.05) is 38.6 Å². The number of aromatic nitrogens is 16. The first-order valence-corrected chi connectivity index (χ1v) is 47.0. The Morgan fingerprint density at radius 1 is 0.398 bits per heavy atom. The Balaban J connectivity index is 0.0000000814. The van der Waals surface area contributed by atoms with Crippen LogP contribution in [0.1, 0.15) is 325 Å². The van der Waals surface area contributed by atoms with E-state index in [1.54, 1.807) is 41.5 Å². The molecule has 29 nitrogen and oxygen atoms in total. The van der Waals surface area contributed by atoms with Gasteiger partial charge in [0.1, 0.15) is 45.6 Å². The van der Waals surface area contributed by atoms with Gasteiger partial charge in [-0.15, -0.1) is 10.2 Å². The molecule has 22 unspecified atom stereocenters. The fourth-order valence-electron chi connectivity index (χ4n) is 26.7. The SMILES string of the molecule is C/C=C/C1C2Cc3c(C(C)=O)n[nH]c3C12.C/C=C\C1C2Cc3c(C(C)=O)n[nH]c3C12.C1N=NC(c2n[nH]c3c2CC2C3C23CC3)=N1.C1N=NC(c2n[nH]c3c2CC2C3C2C2CC2)=N1.CC(=O)c1n[nH]c2c1CC1C2C12CC2.CC(=O)c1n[nH]c2c1CC1C2C1C1CC1.CCOCC1C2Cc3c(C(C)=O)n[nH]c3C12.CSCC1C2Cc3c(C(C)=O)n[nH]c3C12. The van der Waals surface area contributed by atoms with E-state index in [9.17, 15) is 28.8 Å². The standard InChI is InChI=1S/C12H13N5.C12H16N2O2.3C12H14N2O.C11H11N5.C11H14N2OS.C11H12N2O/c1-2-5(1)8-6-3-7-10(9(6)8)15-16-11(7)12-13-4-14-17-12;1-3-16-5-9-7-4-8-11(6(2)15)13-14-12(8)10(7)9;1-5(15)11-8-4-7-9(6-2-3-6)10(7)12(8)14-13-11;2*1-3-4-7-8-5-9-11(6(2)15)13-14-12(9)10(7)8;1-2-11(1)6-3-5-8(7(6)11)14-15-9(5)10-12-4-13-16-10;1-5(14)10-7-3-6-8(4-15-2)9(6)11(7)13-12-10;1-5(14)9-6-4-7-8(10(6)13-12-9)11(7)2-3-11/h5-6,8-9H,1-4H2,(H,15,16);7,9-10H,3-5H2,1-2H3,(H,13,14);6-7,9-10H,2-4H2,1H3,(H,13,14);2*3-4,7-8,10H,5H2,1-2H3,(H,13,14);6-7H,1-4H2,(H,14,15);6,8-9H,3-4H2,1-2H3,(H,12,13);7-8H,2-4H2,1H3,(H,12,13)/b;;;4-3+;4-3-;;;. The van der Waals surface area contributed by atoms with Crippen molar-refractivity contribution in [2.24, 2.45) is 136 Å². The van der Waals surface area contributed by atoms with Gasteiger partial charge < -0.3 is 4.74 Å². The minimum absolute atomic E-state index is 0.0696. The summed E-state index contributed by atoms with van der Waals surface area (Å²) in [5.41, 5.74) is 27.5. The third-order valence-corrected chi connectivity index (χ3v) is 33.9. The monoisotopic (exact) mass is 1680 g/mol. The van der Waals surface area contributed by atoms with E-state index in [1.807, 2.05) is 18.7 Å². The quantitative estimate of drug-likeness (QED) is 0.0310. The zero-order valence-corrected chi connectivity index (χ0v) is 72.4. The molecular weight excluding hydrogens is 1570 g/mol. The highest BCUT2D eigenvalue weighted by molar-refractivity contribution is 7.98. The Morgan fingerprint density at radius 2 is 0.724 bits per heavy atom. The van der Waals surface area contributed by atoms with Crippen molar-refractivity contribution in [3.63, 3.8) is 0 Å². The number of rotatable bonds is 17. The summed E-state index contributed by atoms with van der Waals surface area (Å²) in [5, 5.41) is 74.2. The van der Waals surface area contributed by atoms with Crippen LogP contribution in [0.5, 0.6) is 0 Å². The zero-order valence-electron chi connectivity index (χ0n) is 71.5. The van der Waals surface area contributed by atoms with E-state index in [-0.39, 0.29) is 34.7 Å². The third-order valence-electron chi connectivity index (χ3n) is 33.2. The van der Waals surface area contributed by atoms with Gasteiger partial charge in [0.05, 0.1) is 6.61 Å². The molecule has 0 aromatic carbocycles. The molecule has 12 fully saturated rings. The molecule has 8 aromatic heterocycles. The molecule has 8 aromatic rings. The van der Waals surface area contributed by atoms with Crippen LogP contribution in [-0.2, 0) is 56.1 Å². The number of fused-ring (bicyclic) bond motifs is 28. The summed E-state index contributed by atoms with van der Waals surface area (Å²) in [5.74, 6) is 21.9. The van der Waals surface area contributed by atoms with E-state index >= 15 is 0 Å². The van der Waals surface area contributed by atoms with Gasteiger partial charge in [-0.1, -0.05) is 24.3 Å². The van der Waals surface area contributed by atoms with E-state index < -0.39 is 0 Å². The predicted molar refractivity (Wildman–Crippen MR) is 455 cm³/mol. The van der Waals surface area contributed by atoms with Gasteiger partial charge in [-0.2, -0.15) is 62.8 Å². The number of nitrogens with one attached hydrogen (secondary N) is 8. The molecule has 0 saturated heterocycles. The topological polar surface area (TPSA) is 415 Å². The highest BCUT2D eigenvalue weighted by Crippen LogP contribution is 2.84. The third kappa shape index (κ3) is 12.5. The largest absolute Gasteiger partial charge is 0.381 e. The van der Waals surface area contributed by atoms with Crippen molar-refractivity contribution >= 4 is 58.1 Å². The fraction of sp³-hybridized carbons (Fsp3) is 0.613. The lowest BCUT2D eigenvalue weighted by Crippen LogP contribution is -2.04. The van der Waals surface area contributed by atoms with Gasteiger partial charge in [-0.3, -0.25) is 69.6 Å². The molecule has 30 heteroatoms. The van der Waals surface area contributed by atoms with E-state index in [1.165, 1.54) is 154 Å². The molecular formula is C93H108N22O7S. The number of amidine groups is 2. The maximum absolute atomic E-state index is 11.3. The van der Waals surface area contributed by atoms with Crippen molar-refractivity contribution < 1.29 is 33.5 Å². The molecule has 10 heterocycles. The number of ether oxygens (including phenoxy) is 1. The number of carbonyl (C=O) groups is 6. The first-order valence-electron chi connectivity index (χ1n) is 45.6. The molecule has 0 amide bonds. The van der Waals surface area contributed by atoms with Crippen LogP contribution in [0.4, 0.5) is 0 Å². The second kappa shape index (κ2) is 28.8. The van der Waals surface area contributed by atoms with Crippen molar-refractivity contribution in [1.82, 2.24) is 81.6 Å². The van der Waals surface area contributed by atoms with E-state index in [2.05, 4.69) is 156 Å². The van der Waals surface area contributed by atoms with Gasteiger partial charge in [0, 0.05) is 186 Å². The molecule has 0 bridgehead atoms. The van der Waals surface area contributed by atoms with Crippen LogP contribution >= 0.6 is 11.8 Å². The number of ketones is 6. The number of thioether (sulfide) groups is 1. The first kappa shape index (κ1) is 77.8. The Bertz CT molecular complexity index is 5880. The molecule has 2 spiro atoms. The summed E-state index contributed by atoms with van der Waals surface area (Å²) in [6.45, 7) is 18.3. The van der Waals surface area contributed by atoms with Crippen LogP contribution in [0.15, 0.2) is 54.7 Å². The van der Waals surface area contributed by atoms with Crippen LogP contribution in [0.2, 0.25) is 0 Å². The van der Waals surface area contributed by atoms with Crippen LogP contribution in [0, 0.1) is 106 Å². The van der Waals surface area contributed by atoms with Crippen LogP contribution in [-0.4, -0.2) is 167 Å². The number of H-pyrrole nitrogens is 8. The molecule has 20 aliphatic carbocycles. The molecule has 638 valence electrons. The number of nitrogens with zero attached hydrogens (tertiary/aromatic N) is 14. The minimum Gasteiger partial charge on any atom is -0.381 e. The first-order chi connectivity index (χ1) is 59.8. The maximum Gasteiger partial charge on any atom is 0.199 e. The second-order valence-electron chi connectivity index (χ2n) is 39.7. The van der Waals surface area contributed by atoms with Crippen molar-refractivity contribution in [3.05, 3.63) is 160 Å². The molecule has 123 heavy (non-hydrogen) atoms. The molecule has 22 aliphatic rings. The number of azo groups is 2. The minimum atomic E-state index is 0.0696. The van der Waals surface area contributed by atoms with Gasteiger partial charge in [-0.25, -0.2) is 9.98 Å². The van der Waals surface area contributed by atoms with E-state index in [0.717, 1.165) is 175 Å². The van der Waals surface area contributed by atoms with Crippen LogP contribution in [0.25, 0.3) is 0 Å². The number of aromatic amines is 8. The van der Waals surface area contributed by atoms with Gasteiger partial charge in [-0.05, 0) is 241 Å². The maximum atomic E-state index is 11.3. The number of carbonyl (C=O) groups excluding carboxylic acids is 6. The lowest BCUT2D eigenvalue weighted by Gasteiger charge is -2.03. The normalized spacial score (nSPS) is 33.4. The molecule has 8 N–H and O–H groups in total. The second-order valence-corrected chi connectivity index (χ2v) is 40.6. The number of Topliss-reactive ketones (excluding diaryl/α,β-unsaturated/α-hetero) is 6. The number of aliphatic imine (C=N–C) groups is 2. The number of hydrogen-bond donors (Lipinski definition) is 8. The zero-order chi connectivity index (χ0) is 84.0. The highest BCUT2D eigenvalue weighted by atomic mass is 32.2. The van der Waals surface area contributed by atoms with Crippen molar-refractivity contribution in [2.45, 2.75) is 212 Å². The number of allylic oxidation sites excluding steroid dienone is 4. The van der Waals surface area contributed by atoms with Gasteiger partial charge in [0.25, 0.3) is 0 Å². The summed E-state index contributed by atoms with van der Waals surface area (Å²) in [6.07, 6.45) is 31.0. The Morgan fingerprint density at radius 3 is 1.11 bits per heavy atom. The van der Waals surface area contributed by atoms with E-state index in [4.69, 9.17) is 4.74 Å². The molecule has 2 aliphatic heterocycles. The average molecular weight is 1680 g/mol. The molecule has 22 atom stereocenters. The van der Waals surface area contributed by atoms with Crippen molar-refractivity contribution in [1.29, 1.82) is 0 Å². The van der Waals surface area contributed by atoms with Crippen molar-refractivity contribution in [3.8, 4) is 0 Å². The Hall–Kier alpha value is -9.97. The Labute approximate surface area is 716 Å². The Kier molecular flexibility index (Phi) is 18.2. The molecule has 0 radical (unpaired) electrons. The lowest BCUT2D eigenvalue weighted by molar-refractivity contribution is 0.0999. The summed E-state index contributed by atoms with van der Waals surface area (Å²) in [6, 6.07) is 0. The highest BCUT2D eigenvalue weighted by Gasteiger charge is 2.77. The fourth-order valence-corrected chi connectivity index (χ4v) is 27.5.